The lowest BCUT2D eigenvalue weighted by Crippen LogP contribution is -2.33. The number of methoxy groups -OCH3 is 1. The second-order valence-corrected chi connectivity index (χ2v) is 5.65. The Bertz CT molecular complexity index is 668. The van der Waals surface area contributed by atoms with Gasteiger partial charge in [-0.1, -0.05) is 12.1 Å². The van der Waals surface area contributed by atoms with Crippen LogP contribution >= 0.6 is 0 Å². The zero-order valence-electron chi connectivity index (χ0n) is 13.6. The fourth-order valence-corrected chi connectivity index (χ4v) is 3.20. The summed E-state index contributed by atoms with van der Waals surface area (Å²) >= 11 is 0. The van der Waals surface area contributed by atoms with Crippen molar-refractivity contribution in [1.29, 1.82) is 0 Å². The standard InChI is InChI=1S/C18H21NO3/c1-10-16(12(3)20)18(17(13(4)21)11(2)19-10)14-6-8-15(22-5)9-7-14/h6-9,16,18H,1-5H3. The highest BCUT2D eigenvalue weighted by Gasteiger charge is 2.37. The number of Topliss-reactive ketones (excluding diaryl/α,β-unsaturated/α-hetero) is 2. The van der Waals surface area contributed by atoms with Crippen LogP contribution in [-0.2, 0) is 9.59 Å². The van der Waals surface area contributed by atoms with E-state index in [0.717, 1.165) is 17.0 Å². The van der Waals surface area contributed by atoms with Gasteiger partial charge in [0.15, 0.2) is 5.78 Å². The fourth-order valence-electron chi connectivity index (χ4n) is 3.20. The van der Waals surface area contributed by atoms with Gasteiger partial charge >= 0.3 is 0 Å². The highest BCUT2D eigenvalue weighted by atomic mass is 16.5. The Kier molecular flexibility index (Phi) is 4.59. The number of allylic oxidation sites excluding steroid dienone is 2. The predicted octanol–water partition coefficient (Wildman–Crippen LogP) is 3.32. The van der Waals surface area contributed by atoms with Crippen molar-refractivity contribution in [2.45, 2.75) is 33.6 Å². The SMILES string of the molecule is COc1ccc(C2C(C(C)=O)=C(C)N=C(C)C2C(C)=O)cc1. The Morgan fingerprint density at radius 2 is 1.68 bits per heavy atom. The molecule has 0 bridgehead atoms. The van der Waals surface area contributed by atoms with Crippen molar-refractivity contribution in [3.8, 4) is 5.75 Å². The maximum Gasteiger partial charge on any atom is 0.158 e. The number of nitrogens with zero attached hydrogens (tertiary/aromatic N) is 1. The summed E-state index contributed by atoms with van der Waals surface area (Å²) in [6, 6.07) is 7.52. The number of aliphatic imine (C=N–C) groups is 1. The van der Waals surface area contributed by atoms with E-state index in [9.17, 15) is 9.59 Å². The van der Waals surface area contributed by atoms with Crippen molar-refractivity contribution in [3.05, 3.63) is 41.1 Å². The van der Waals surface area contributed by atoms with E-state index in [1.54, 1.807) is 14.0 Å². The predicted molar refractivity (Wildman–Crippen MR) is 86.4 cm³/mol. The monoisotopic (exact) mass is 299 g/mol. The summed E-state index contributed by atoms with van der Waals surface area (Å²) in [7, 11) is 1.61. The first-order chi connectivity index (χ1) is 10.4. The third kappa shape index (κ3) is 2.86. The molecule has 0 amide bonds. The quantitative estimate of drug-likeness (QED) is 0.857. The van der Waals surface area contributed by atoms with Crippen molar-refractivity contribution in [1.82, 2.24) is 0 Å². The molecule has 116 valence electrons. The van der Waals surface area contributed by atoms with Crippen molar-refractivity contribution in [2.75, 3.05) is 7.11 Å². The molecule has 1 aromatic rings. The number of rotatable bonds is 4. The second kappa shape index (κ2) is 6.26. The van der Waals surface area contributed by atoms with Crippen LogP contribution in [-0.4, -0.2) is 24.4 Å². The van der Waals surface area contributed by atoms with Gasteiger partial charge in [-0.2, -0.15) is 0 Å². The van der Waals surface area contributed by atoms with Gasteiger partial charge < -0.3 is 4.74 Å². The third-order valence-electron chi connectivity index (χ3n) is 4.12. The van der Waals surface area contributed by atoms with Crippen molar-refractivity contribution < 1.29 is 14.3 Å². The molecule has 0 spiro atoms. The molecule has 0 saturated heterocycles. The molecule has 22 heavy (non-hydrogen) atoms. The van der Waals surface area contributed by atoms with E-state index in [1.165, 1.54) is 6.92 Å². The molecule has 1 aromatic carbocycles. The molecule has 0 fully saturated rings. The second-order valence-electron chi connectivity index (χ2n) is 5.65. The molecule has 4 nitrogen and oxygen atoms in total. The molecule has 0 radical (unpaired) electrons. The van der Waals surface area contributed by atoms with Gasteiger partial charge in [0.25, 0.3) is 0 Å². The first kappa shape index (κ1) is 16.1. The maximum atomic E-state index is 12.2. The van der Waals surface area contributed by atoms with E-state index in [0.29, 0.717) is 11.3 Å². The lowest BCUT2D eigenvalue weighted by atomic mass is 9.73. The molecule has 0 N–H and O–H groups in total. The minimum absolute atomic E-state index is 0.0216. The molecule has 1 aliphatic rings. The van der Waals surface area contributed by atoms with Crippen molar-refractivity contribution in [3.63, 3.8) is 0 Å². The zero-order chi connectivity index (χ0) is 16.4. The van der Waals surface area contributed by atoms with Crippen LogP contribution in [0, 0.1) is 5.92 Å². The van der Waals surface area contributed by atoms with E-state index in [2.05, 4.69) is 4.99 Å². The number of benzene rings is 1. The molecule has 2 rings (SSSR count). The lowest BCUT2D eigenvalue weighted by molar-refractivity contribution is -0.119. The molecular weight excluding hydrogens is 278 g/mol. The van der Waals surface area contributed by atoms with Gasteiger partial charge in [0.05, 0.1) is 13.0 Å². The molecule has 2 atom stereocenters. The van der Waals surface area contributed by atoms with Crippen LogP contribution < -0.4 is 4.74 Å². The Balaban J connectivity index is 2.61. The van der Waals surface area contributed by atoms with Crippen LogP contribution in [0.15, 0.2) is 40.5 Å². The van der Waals surface area contributed by atoms with E-state index < -0.39 is 5.92 Å². The van der Waals surface area contributed by atoms with Gasteiger partial charge in [0.1, 0.15) is 11.5 Å². The third-order valence-corrected chi connectivity index (χ3v) is 4.12. The Hall–Kier alpha value is -2.23. The Morgan fingerprint density at radius 1 is 1.09 bits per heavy atom. The molecule has 0 aromatic heterocycles. The number of carbonyl (C=O) groups excluding carboxylic acids is 2. The topological polar surface area (TPSA) is 55.7 Å². The summed E-state index contributed by atoms with van der Waals surface area (Å²) < 4.78 is 5.18. The first-order valence-electron chi connectivity index (χ1n) is 7.28. The van der Waals surface area contributed by atoms with Gasteiger partial charge in [0.2, 0.25) is 0 Å². The number of ether oxygens (including phenoxy) is 1. The van der Waals surface area contributed by atoms with Gasteiger partial charge in [-0.15, -0.1) is 0 Å². The van der Waals surface area contributed by atoms with Crippen molar-refractivity contribution >= 4 is 17.3 Å². The smallest absolute Gasteiger partial charge is 0.158 e. The van der Waals surface area contributed by atoms with Gasteiger partial charge in [-0.3, -0.25) is 14.6 Å². The number of hydrogen-bond donors (Lipinski definition) is 0. The molecule has 0 aliphatic carbocycles. The average molecular weight is 299 g/mol. The van der Waals surface area contributed by atoms with Crippen LogP contribution in [0.1, 0.15) is 39.2 Å². The molecule has 2 unspecified atom stereocenters. The van der Waals surface area contributed by atoms with Crippen LogP contribution in [0.5, 0.6) is 5.75 Å². The highest BCUT2D eigenvalue weighted by molar-refractivity contribution is 6.09. The van der Waals surface area contributed by atoms with Crippen molar-refractivity contribution in [2.24, 2.45) is 10.9 Å². The lowest BCUT2D eigenvalue weighted by Gasteiger charge is -2.31. The Morgan fingerprint density at radius 3 is 2.14 bits per heavy atom. The zero-order valence-corrected chi connectivity index (χ0v) is 13.6. The van der Waals surface area contributed by atoms with E-state index >= 15 is 0 Å². The molecule has 0 saturated carbocycles. The fraction of sp³-hybridized carbons (Fsp3) is 0.389. The van der Waals surface area contributed by atoms with Crippen LogP contribution in [0.4, 0.5) is 0 Å². The summed E-state index contributed by atoms with van der Waals surface area (Å²) in [5, 5.41) is 0. The molecule has 4 heteroatoms. The Labute approximate surface area is 130 Å². The van der Waals surface area contributed by atoms with Crippen LogP contribution in [0.25, 0.3) is 0 Å². The average Bonchev–Trinajstić information content (AvgIpc) is 2.45. The van der Waals surface area contributed by atoms with Gasteiger partial charge in [-0.05, 0) is 45.4 Å². The van der Waals surface area contributed by atoms with Crippen LogP contribution in [0.3, 0.4) is 0 Å². The summed E-state index contributed by atoms with van der Waals surface area (Å²) in [6.07, 6.45) is 0. The molecule has 1 aliphatic heterocycles. The maximum absolute atomic E-state index is 12.2. The summed E-state index contributed by atoms with van der Waals surface area (Å²) in [4.78, 5) is 28.7. The van der Waals surface area contributed by atoms with Gasteiger partial charge in [-0.25, -0.2) is 0 Å². The minimum atomic E-state index is -0.393. The molecule has 1 heterocycles. The largest absolute Gasteiger partial charge is 0.497 e. The summed E-state index contributed by atoms with van der Waals surface area (Å²) in [6.45, 7) is 6.76. The number of hydrogen-bond acceptors (Lipinski definition) is 4. The van der Waals surface area contributed by atoms with E-state index in [-0.39, 0.29) is 17.5 Å². The minimum Gasteiger partial charge on any atom is -0.497 e. The summed E-state index contributed by atoms with van der Waals surface area (Å²) in [5.41, 5.74) is 3.01. The normalized spacial score (nSPS) is 21.4. The van der Waals surface area contributed by atoms with E-state index in [1.807, 2.05) is 38.1 Å². The number of ketones is 2. The van der Waals surface area contributed by atoms with Gasteiger partial charge in [0, 0.05) is 22.9 Å². The summed E-state index contributed by atoms with van der Waals surface area (Å²) in [5.74, 6) is 0.0536. The number of carbonyl (C=O) groups is 2. The first-order valence-corrected chi connectivity index (χ1v) is 7.28. The van der Waals surface area contributed by atoms with E-state index in [4.69, 9.17) is 4.74 Å². The molecular formula is C18H21NO3. The highest BCUT2D eigenvalue weighted by Crippen LogP contribution is 2.40. The van der Waals surface area contributed by atoms with Crippen LogP contribution in [0.2, 0.25) is 0 Å².